The Hall–Kier alpha value is -1.96. The molecule has 1 rings (SSSR count). The second kappa shape index (κ2) is 8.88. The molecule has 2 nitrogen and oxygen atoms in total. The van der Waals surface area contributed by atoms with Crippen LogP contribution in [0.25, 0.3) is 0 Å². The Labute approximate surface area is 191 Å². The molecule has 0 bridgehead atoms. The molecule has 0 aliphatic rings. The summed E-state index contributed by atoms with van der Waals surface area (Å²) in [6.07, 6.45) is 4.87. The van der Waals surface area contributed by atoms with Gasteiger partial charge >= 0.3 is 0 Å². The lowest BCUT2D eigenvalue weighted by Gasteiger charge is -2.28. The number of aromatic hydroxyl groups is 1. The van der Waals surface area contributed by atoms with E-state index in [1.807, 2.05) is 6.08 Å². The van der Waals surface area contributed by atoms with E-state index in [1.165, 1.54) is 0 Å². The van der Waals surface area contributed by atoms with Crippen LogP contribution in [0.5, 0.6) is 5.75 Å². The lowest BCUT2D eigenvalue weighted by atomic mass is 9.78. The van der Waals surface area contributed by atoms with Crippen LogP contribution in [0.3, 0.4) is 0 Å². The molecule has 0 atom stereocenters. The molecular formula is C29H46O2. The zero-order chi connectivity index (χ0) is 24.6. The third kappa shape index (κ3) is 7.02. The van der Waals surface area contributed by atoms with Gasteiger partial charge in [0.15, 0.2) is 0 Å². The Bertz CT molecular complexity index is 832. The first-order valence-corrected chi connectivity index (χ1v) is 11.3. The van der Waals surface area contributed by atoms with E-state index >= 15 is 0 Å². The van der Waals surface area contributed by atoms with Crippen molar-refractivity contribution >= 4 is 0 Å². The molecule has 0 spiro atoms. The molecule has 0 aliphatic carbocycles. The number of hydrogen-bond acceptors (Lipinski definition) is 2. The van der Waals surface area contributed by atoms with Gasteiger partial charge in [0, 0.05) is 0 Å². The van der Waals surface area contributed by atoms with E-state index in [4.69, 9.17) is 0 Å². The molecule has 0 unspecified atom stereocenters. The maximum atomic E-state index is 11.0. The van der Waals surface area contributed by atoms with Gasteiger partial charge in [-0.05, 0) is 55.9 Å². The summed E-state index contributed by atoms with van der Waals surface area (Å²) in [6.45, 7) is 29.4. The number of phenolic OH excluding ortho intramolecular Hbond substituents is 1. The van der Waals surface area contributed by atoms with Gasteiger partial charge in [-0.25, -0.2) is 0 Å². The Morgan fingerprint density at radius 1 is 0.806 bits per heavy atom. The monoisotopic (exact) mass is 426 g/mol. The van der Waals surface area contributed by atoms with Crippen molar-refractivity contribution in [2.75, 3.05) is 0 Å². The highest BCUT2D eigenvalue weighted by Gasteiger charge is 2.27. The topological polar surface area (TPSA) is 40.5 Å². The minimum Gasteiger partial charge on any atom is -0.507 e. The fraction of sp³-hybridized carbons (Fsp3) is 0.586. The number of aliphatic hydroxyl groups excluding tert-OH is 1. The molecule has 2 heteroatoms. The van der Waals surface area contributed by atoms with E-state index in [0.29, 0.717) is 5.75 Å². The number of hydrogen-bond donors (Lipinski definition) is 2. The first kappa shape index (κ1) is 27.1. The van der Waals surface area contributed by atoms with Gasteiger partial charge in [-0.3, -0.25) is 0 Å². The van der Waals surface area contributed by atoms with Gasteiger partial charge in [-0.15, -0.1) is 0 Å². The van der Waals surface area contributed by atoms with Crippen molar-refractivity contribution in [3.05, 3.63) is 64.5 Å². The van der Waals surface area contributed by atoms with Gasteiger partial charge in [0.2, 0.25) is 0 Å². The second-order valence-electron chi connectivity index (χ2n) is 12.9. The number of rotatable bonds is 4. The number of allylic oxidation sites excluding steroid dienone is 4. The first-order chi connectivity index (χ1) is 13.7. The summed E-state index contributed by atoms with van der Waals surface area (Å²) >= 11 is 0. The molecule has 1 aromatic carbocycles. The highest BCUT2D eigenvalue weighted by atomic mass is 16.3. The van der Waals surface area contributed by atoms with E-state index in [-0.39, 0.29) is 27.4 Å². The summed E-state index contributed by atoms with van der Waals surface area (Å²) in [5, 5.41) is 21.9. The van der Waals surface area contributed by atoms with Crippen molar-refractivity contribution in [3.8, 4) is 5.75 Å². The quantitative estimate of drug-likeness (QED) is 0.374. The van der Waals surface area contributed by atoms with Crippen molar-refractivity contribution in [1.82, 2.24) is 0 Å². The molecule has 174 valence electrons. The molecule has 0 heterocycles. The van der Waals surface area contributed by atoms with Crippen LogP contribution in [0, 0.1) is 10.8 Å². The molecule has 0 saturated heterocycles. The molecule has 0 saturated carbocycles. The summed E-state index contributed by atoms with van der Waals surface area (Å²) in [7, 11) is 0. The Kier molecular flexibility index (Phi) is 7.76. The van der Waals surface area contributed by atoms with Gasteiger partial charge < -0.3 is 10.2 Å². The predicted molar refractivity (Wildman–Crippen MR) is 136 cm³/mol. The van der Waals surface area contributed by atoms with Gasteiger partial charge in [-0.1, -0.05) is 114 Å². The largest absolute Gasteiger partial charge is 0.507 e. The van der Waals surface area contributed by atoms with E-state index in [1.54, 1.807) is 0 Å². The fourth-order valence-electron chi connectivity index (χ4n) is 3.47. The van der Waals surface area contributed by atoms with E-state index in [0.717, 1.165) is 34.3 Å². The standard InChI is InChI=1S/C29H46O2/c1-19(26(2,3)4)24(30)21(27(5,6)7)16-14-15-20-17-22(28(8,9)10)25(31)23(18-20)29(11,12)13/h14,16-18,30-31H,1,15H2,2-13H3/b16-14+,24-21-. The minimum absolute atomic E-state index is 0.150. The summed E-state index contributed by atoms with van der Waals surface area (Å²) in [4.78, 5) is 0. The normalized spacial score (nSPS) is 14.7. The van der Waals surface area contributed by atoms with Gasteiger partial charge in [0.1, 0.15) is 11.5 Å². The average Bonchev–Trinajstić information content (AvgIpc) is 2.54. The third-order valence-corrected chi connectivity index (χ3v) is 5.68. The van der Waals surface area contributed by atoms with Crippen LogP contribution in [0.4, 0.5) is 0 Å². The maximum Gasteiger partial charge on any atom is 0.123 e. The van der Waals surface area contributed by atoms with Crippen molar-refractivity contribution in [2.45, 2.75) is 100 Å². The zero-order valence-electron chi connectivity index (χ0n) is 22.1. The highest BCUT2D eigenvalue weighted by molar-refractivity contribution is 5.50. The molecule has 0 amide bonds. The van der Waals surface area contributed by atoms with Crippen LogP contribution < -0.4 is 0 Å². The van der Waals surface area contributed by atoms with Crippen LogP contribution in [-0.2, 0) is 17.3 Å². The summed E-state index contributed by atoms with van der Waals surface area (Å²) in [5.74, 6) is 0.690. The van der Waals surface area contributed by atoms with Crippen LogP contribution in [-0.4, -0.2) is 10.2 Å². The Balaban J connectivity index is 3.47. The summed E-state index contributed by atoms with van der Waals surface area (Å²) in [6, 6.07) is 4.23. The molecule has 31 heavy (non-hydrogen) atoms. The molecule has 0 fully saturated rings. The van der Waals surface area contributed by atoms with Gasteiger partial charge in [-0.2, -0.15) is 0 Å². The van der Waals surface area contributed by atoms with Gasteiger partial charge in [0.05, 0.1) is 0 Å². The van der Waals surface area contributed by atoms with E-state index in [2.05, 4.69) is 108 Å². The van der Waals surface area contributed by atoms with Crippen molar-refractivity contribution in [1.29, 1.82) is 0 Å². The van der Waals surface area contributed by atoms with Crippen LogP contribution >= 0.6 is 0 Å². The third-order valence-electron chi connectivity index (χ3n) is 5.68. The first-order valence-electron chi connectivity index (χ1n) is 11.3. The minimum atomic E-state index is -0.211. The summed E-state index contributed by atoms with van der Waals surface area (Å²) in [5.41, 5.74) is 4.02. The van der Waals surface area contributed by atoms with Crippen molar-refractivity contribution in [2.24, 2.45) is 10.8 Å². The lowest BCUT2D eigenvalue weighted by molar-refractivity contribution is 0.357. The molecule has 0 radical (unpaired) electrons. The van der Waals surface area contributed by atoms with E-state index < -0.39 is 0 Å². The Morgan fingerprint density at radius 3 is 1.55 bits per heavy atom. The number of phenols is 1. The van der Waals surface area contributed by atoms with Crippen LogP contribution in [0.15, 0.2) is 47.8 Å². The number of benzene rings is 1. The maximum absolute atomic E-state index is 11.0. The van der Waals surface area contributed by atoms with Crippen LogP contribution in [0.2, 0.25) is 0 Å². The highest BCUT2D eigenvalue weighted by Crippen LogP contribution is 2.40. The van der Waals surface area contributed by atoms with Gasteiger partial charge in [0.25, 0.3) is 0 Å². The Morgan fingerprint density at radius 2 is 1.23 bits per heavy atom. The smallest absolute Gasteiger partial charge is 0.123 e. The molecule has 1 aromatic rings. The second-order valence-corrected chi connectivity index (χ2v) is 12.9. The number of aliphatic hydroxyl groups is 1. The van der Waals surface area contributed by atoms with Crippen molar-refractivity contribution in [3.63, 3.8) is 0 Å². The zero-order valence-corrected chi connectivity index (χ0v) is 22.1. The lowest BCUT2D eigenvalue weighted by Crippen LogP contribution is -2.18. The summed E-state index contributed by atoms with van der Waals surface area (Å²) < 4.78 is 0. The van der Waals surface area contributed by atoms with Crippen molar-refractivity contribution < 1.29 is 10.2 Å². The molecule has 0 aromatic heterocycles. The predicted octanol–water partition coefficient (Wildman–Crippen LogP) is 8.55. The molecule has 2 N–H and O–H groups in total. The molecule has 0 aliphatic heterocycles. The SMILES string of the molecule is C=C(/C(O)=C(\C=C\Cc1cc(C(C)(C)C)c(O)c(C(C)(C)C)c1)C(C)(C)C)C(C)(C)C. The van der Waals surface area contributed by atoms with E-state index in [9.17, 15) is 10.2 Å². The molecular weight excluding hydrogens is 380 g/mol. The fourth-order valence-corrected chi connectivity index (χ4v) is 3.47. The average molecular weight is 427 g/mol. The van der Waals surface area contributed by atoms with Crippen LogP contribution in [0.1, 0.15) is 99.8 Å².